The minimum absolute atomic E-state index is 0.00820. The lowest BCUT2D eigenvalue weighted by Crippen LogP contribution is -2.47. The molecule has 2 rings (SSSR count). The third-order valence-electron chi connectivity index (χ3n) is 5.00. The molecule has 1 atom stereocenters. The lowest BCUT2D eigenvalue weighted by molar-refractivity contribution is -0.118. The van der Waals surface area contributed by atoms with Crippen molar-refractivity contribution in [2.45, 2.75) is 47.2 Å². The molecule has 0 spiro atoms. The Morgan fingerprint density at radius 3 is 2.56 bits per heavy atom. The first kappa shape index (κ1) is 25.8. The number of amides is 1. The molecule has 0 saturated heterocycles. The quantitative estimate of drug-likeness (QED) is 0.494. The number of hydrogen-bond donors (Lipinski definition) is 3. The molecule has 1 unspecified atom stereocenters. The molecule has 0 bridgehead atoms. The Hall–Kier alpha value is -2.43. The first-order valence-corrected chi connectivity index (χ1v) is 11.5. The van der Waals surface area contributed by atoms with Gasteiger partial charge in [-0.1, -0.05) is 40.7 Å². The van der Waals surface area contributed by atoms with Crippen LogP contribution in [0.4, 0.5) is 11.5 Å². The summed E-state index contributed by atoms with van der Waals surface area (Å²) in [4.78, 5) is 43.0. The van der Waals surface area contributed by atoms with Crippen molar-refractivity contribution in [3.05, 3.63) is 43.2 Å². The van der Waals surface area contributed by atoms with Crippen molar-refractivity contribution in [3.63, 3.8) is 0 Å². The van der Waals surface area contributed by atoms with Gasteiger partial charge >= 0.3 is 5.69 Å². The van der Waals surface area contributed by atoms with Crippen LogP contribution in [0.1, 0.15) is 45.5 Å². The molecule has 2 aromatic heterocycles. The number of nitrogen functional groups attached to an aromatic ring is 1. The van der Waals surface area contributed by atoms with Crippen LogP contribution in [-0.4, -0.2) is 42.3 Å². The van der Waals surface area contributed by atoms with Gasteiger partial charge in [-0.25, -0.2) is 4.79 Å². The molecule has 10 heteroatoms. The number of H-pyrrole nitrogens is 1. The molecule has 0 aliphatic carbocycles. The highest BCUT2D eigenvalue weighted by Crippen LogP contribution is 2.35. The van der Waals surface area contributed by atoms with E-state index in [0.29, 0.717) is 6.54 Å². The van der Waals surface area contributed by atoms with Crippen LogP contribution in [0, 0.1) is 11.3 Å². The molecule has 9 nitrogen and oxygen atoms in total. The Morgan fingerprint density at radius 2 is 2.03 bits per heavy atom. The van der Waals surface area contributed by atoms with Crippen LogP contribution in [0.2, 0.25) is 0 Å². The lowest BCUT2D eigenvalue weighted by Gasteiger charge is -2.32. The van der Waals surface area contributed by atoms with Gasteiger partial charge in [-0.3, -0.25) is 19.1 Å². The van der Waals surface area contributed by atoms with E-state index in [9.17, 15) is 14.4 Å². The predicted octanol–water partition coefficient (Wildman–Crippen LogP) is 2.19. The van der Waals surface area contributed by atoms with Gasteiger partial charge in [0, 0.05) is 31.1 Å². The molecular weight excluding hydrogens is 430 g/mol. The number of ether oxygens (including phenoxy) is 1. The number of nitrogens with one attached hydrogen (secondary N) is 2. The second-order valence-electron chi connectivity index (χ2n) is 9.23. The van der Waals surface area contributed by atoms with Crippen LogP contribution in [0.5, 0.6) is 0 Å². The minimum atomic E-state index is -0.692. The van der Waals surface area contributed by atoms with Gasteiger partial charge in [-0.15, -0.1) is 11.3 Å². The monoisotopic (exact) mass is 465 g/mol. The van der Waals surface area contributed by atoms with Crippen molar-refractivity contribution in [2.75, 3.05) is 37.4 Å². The molecule has 32 heavy (non-hydrogen) atoms. The zero-order chi connectivity index (χ0) is 24.1. The van der Waals surface area contributed by atoms with Gasteiger partial charge in [0.25, 0.3) is 5.56 Å². The number of hydrogen-bond acceptors (Lipinski definition) is 7. The Bertz CT molecular complexity index is 1000. The van der Waals surface area contributed by atoms with E-state index in [1.807, 2.05) is 31.4 Å². The number of anilines is 2. The topological polar surface area (TPSA) is 122 Å². The van der Waals surface area contributed by atoms with E-state index in [-0.39, 0.29) is 54.5 Å². The minimum Gasteiger partial charge on any atom is -0.383 e. The van der Waals surface area contributed by atoms with Crippen molar-refractivity contribution in [3.8, 4) is 0 Å². The van der Waals surface area contributed by atoms with Crippen molar-refractivity contribution in [1.82, 2.24) is 14.9 Å². The number of carbonyl (C=O) groups excluding carboxylic acids is 1. The van der Waals surface area contributed by atoms with Gasteiger partial charge in [-0.05, 0) is 22.8 Å². The van der Waals surface area contributed by atoms with Crippen LogP contribution in [0.3, 0.4) is 0 Å². The Balaban J connectivity index is 2.39. The summed E-state index contributed by atoms with van der Waals surface area (Å²) < 4.78 is 6.44. The maximum absolute atomic E-state index is 13.3. The number of nitrogens with two attached hydrogens (primary N) is 1. The highest BCUT2D eigenvalue weighted by atomic mass is 32.1. The first-order valence-electron chi connectivity index (χ1n) is 10.7. The fourth-order valence-corrected chi connectivity index (χ4v) is 4.55. The molecule has 2 aromatic rings. The van der Waals surface area contributed by atoms with E-state index >= 15 is 0 Å². The normalized spacial score (nSPS) is 12.8. The van der Waals surface area contributed by atoms with Crippen LogP contribution >= 0.6 is 11.3 Å². The van der Waals surface area contributed by atoms with Crippen LogP contribution in [0.15, 0.2) is 27.1 Å². The van der Waals surface area contributed by atoms with Gasteiger partial charge in [0.1, 0.15) is 5.82 Å². The maximum Gasteiger partial charge on any atom is 0.330 e. The molecule has 0 radical (unpaired) electrons. The smallest absolute Gasteiger partial charge is 0.330 e. The number of rotatable bonds is 10. The summed E-state index contributed by atoms with van der Waals surface area (Å²) in [6.07, 6.45) is 0. The Kier molecular flexibility index (Phi) is 8.82. The molecule has 0 aliphatic rings. The molecule has 0 aromatic carbocycles. The van der Waals surface area contributed by atoms with E-state index < -0.39 is 11.2 Å². The van der Waals surface area contributed by atoms with Gasteiger partial charge in [0.15, 0.2) is 5.69 Å². The summed E-state index contributed by atoms with van der Waals surface area (Å²) in [5.74, 6) is -0.237. The average molecular weight is 466 g/mol. The van der Waals surface area contributed by atoms with Gasteiger partial charge < -0.3 is 20.7 Å². The third kappa shape index (κ3) is 6.30. The van der Waals surface area contributed by atoms with Crippen LogP contribution in [-0.2, 0) is 16.1 Å². The molecule has 1 amide bonds. The lowest BCUT2D eigenvalue weighted by atomic mass is 9.86. The molecular formula is C22H35N5O4S. The fraction of sp³-hybridized carbons (Fsp3) is 0.591. The number of carbonyl (C=O) groups is 1. The van der Waals surface area contributed by atoms with Gasteiger partial charge in [-0.2, -0.15) is 0 Å². The summed E-state index contributed by atoms with van der Waals surface area (Å²) >= 11 is 1.62. The number of thiophene rings is 1. The molecule has 0 fully saturated rings. The summed E-state index contributed by atoms with van der Waals surface area (Å²) in [6.45, 7) is 10.8. The highest BCUT2D eigenvalue weighted by Gasteiger charge is 2.29. The van der Waals surface area contributed by atoms with E-state index in [4.69, 9.17) is 10.5 Å². The zero-order valence-corrected chi connectivity index (χ0v) is 20.5. The summed E-state index contributed by atoms with van der Waals surface area (Å²) in [7, 11) is 1.51. The van der Waals surface area contributed by atoms with E-state index in [0.717, 1.165) is 4.88 Å². The SMILES string of the molecule is COCCN(C(=O)CNC(c1cccs1)C(C)(C)C)c1c(N)n(CC(C)C)c(=O)[nH]c1=O. The van der Waals surface area contributed by atoms with Gasteiger partial charge in [0.2, 0.25) is 5.91 Å². The van der Waals surface area contributed by atoms with Crippen molar-refractivity contribution in [1.29, 1.82) is 0 Å². The van der Waals surface area contributed by atoms with E-state index in [1.54, 1.807) is 11.3 Å². The standard InChI is InChI=1S/C22H35N5O4S/c1-14(2)13-27-19(23)17(20(29)25-21(27)30)26(9-10-31-6)16(28)12-24-18(22(3,4)5)15-8-7-11-32-15/h7-8,11,14,18,24H,9-10,12-13,23H2,1-6H3,(H,25,29,30). The first-order chi connectivity index (χ1) is 15.0. The van der Waals surface area contributed by atoms with E-state index in [2.05, 4.69) is 31.1 Å². The summed E-state index contributed by atoms with van der Waals surface area (Å²) in [6, 6.07) is 3.96. The highest BCUT2D eigenvalue weighted by molar-refractivity contribution is 7.10. The second kappa shape index (κ2) is 10.9. The summed E-state index contributed by atoms with van der Waals surface area (Å²) in [5, 5.41) is 5.34. The largest absolute Gasteiger partial charge is 0.383 e. The molecule has 178 valence electrons. The number of aromatic amines is 1. The van der Waals surface area contributed by atoms with Crippen molar-refractivity contribution in [2.24, 2.45) is 11.3 Å². The number of methoxy groups -OCH3 is 1. The predicted molar refractivity (Wildman–Crippen MR) is 129 cm³/mol. The number of aromatic nitrogens is 2. The van der Waals surface area contributed by atoms with Crippen molar-refractivity contribution < 1.29 is 9.53 Å². The summed E-state index contributed by atoms with van der Waals surface area (Å²) in [5.41, 5.74) is 4.79. The molecule has 0 aliphatic heterocycles. The van der Waals surface area contributed by atoms with Crippen molar-refractivity contribution >= 4 is 28.7 Å². The zero-order valence-electron chi connectivity index (χ0n) is 19.7. The average Bonchev–Trinajstić information content (AvgIpc) is 3.20. The third-order valence-corrected chi connectivity index (χ3v) is 5.94. The van der Waals surface area contributed by atoms with Crippen LogP contribution < -0.4 is 27.2 Å². The second-order valence-corrected chi connectivity index (χ2v) is 10.2. The maximum atomic E-state index is 13.3. The molecule has 0 saturated carbocycles. The Morgan fingerprint density at radius 1 is 1.34 bits per heavy atom. The van der Waals surface area contributed by atoms with Gasteiger partial charge in [0.05, 0.1) is 13.2 Å². The Labute approximate surface area is 192 Å². The van der Waals surface area contributed by atoms with Crippen LogP contribution in [0.25, 0.3) is 0 Å². The fourth-order valence-electron chi connectivity index (χ4n) is 3.50. The molecule has 2 heterocycles. The molecule has 4 N–H and O–H groups in total. The van der Waals surface area contributed by atoms with E-state index in [1.165, 1.54) is 16.6 Å². The number of nitrogens with zero attached hydrogens (tertiary/aromatic N) is 2.